The molecule has 1 aromatic carbocycles. The second-order valence-corrected chi connectivity index (χ2v) is 13.2. The molecular formula is C34H34F7N7O2. The molecule has 2 atom stereocenters. The molecule has 0 unspecified atom stereocenters. The van der Waals surface area contributed by atoms with Crippen molar-refractivity contribution in [2.45, 2.75) is 82.7 Å². The Morgan fingerprint density at radius 3 is 2.62 bits per heavy atom. The molecule has 2 fully saturated rings. The SMILES string of the molecule is C=C1CN2CCC[C@@]2(COc2nc3c(c(N4CCCn5nc(C(F)(F)F)cc5C4)n2)CO[C@@H](c2c(F)c(N)cc(C#CC)c2C(F)(F)F)C3)C1. The van der Waals surface area contributed by atoms with E-state index in [-0.39, 0.29) is 50.0 Å². The van der Waals surface area contributed by atoms with Crippen molar-refractivity contribution in [3.05, 3.63) is 69.4 Å². The average molecular weight is 706 g/mol. The average Bonchev–Trinajstić information content (AvgIpc) is 3.67. The number of aromatic nitrogens is 4. The highest BCUT2D eigenvalue weighted by molar-refractivity contribution is 5.59. The number of fused-ring (bicyclic) bond motifs is 3. The lowest BCUT2D eigenvalue weighted by molar-refractivity contribution is -0.141. The van der Waals surface area contributed by atoms with Crippen LogP contribution in [0.5, 0.6) is 6.01 Å². The number of rotatable bonds is 5. The second kappa shape index (κ2) is 12.4. The highest BCUT2D eigenvalue weighted by Crippen LogP contribution is 2.45. The molecule has 2 saturated heterocycles. The van der Waals surface area contributed by atoms with Gasteiger partial charge in [-0.2, -0.15) is 41.4 Å². The van der Waals surface area contributed by atoms with Gasteiger partial charge in [-0.15, -0.1) is 5.92 Å². The Morgan fingerprint density at radius 1 is 1.08 bits per heavy atom. The van der Waals surface area contributed by atoms with Crippen molar-refractivity contribution in [2.24, 2.45) is 0 Å². The summed E-state index contributed by atoms with van der Waals surface area (Å²) >= 11 is 0. The van der Waals surface area contributed by atoms with Crippen LogP contribution in [0.2, 0.25) is 0 Å². The van der Waals surface area contributed by atoms with Gasteiger partial charge in [-0.3, -0.25) is 9.58 Å². The molecule has 4 aliphatic rings. The fourth-order valence-electron chi connectivity index (χ4n) is 7.71. The van der Waals surface area contributed by atoms with Gasteiger partial charge in [-0.1, -0.05) is 18.1 Å². The van der Waals surface area contributed by atoms with Gasteiger partial charge in [0, 0.05) is 42.7 Å². The van der Waals surface area contributed by atoms with Crippen LogP contribution in [0, 0.1) is 17.7 Å². The van der Waals surface area contributed by atoms with Gasteiger partial charge in [0.15, 0.2) is 11.5 Å². The first-order valence-electron chi connectivity index (χ1n) is 16.2. The summed E-state index contributed by atoms with van der Waals surface area (Å²) in [6.45, 7) is 7.68. The molecular weight excluding hydrogens is 671 g/mol. The summed E-state index contributed by atoms with van der Waals surface area (Å²) in [5.41, 5.74) is 3.57. The molecule has 3 aromatic rings. The van der Waals surface area contributed by atoms with Crippen molar-refractivity contribution in [2.75, 3.05) is 36.9 Å². The van der Waals surface area contributed by atoms with Gasteiger partial charge in [0.1, 0.15) is 12.4 Å². The van der Waals surface area contributed by atoms with Crippen LogP contribution in [0.4, 0.5) is 42.2 Å². The van der Waals surface area contributed by atoms with Crippen molar-refractivity contribution in [1.82, 2.24) is 24.6 Å². The molecule has 6 heterocycles. The van der Waals surface area contributed by atoms with Gasteiger partial charge in [-0.25, -0.2) is 4.39 Å². The lowest BCUT2D eigenvalue weighted by Gasteiger charge is -2.33. The van der Waals surface area contributed by atoms with Gasteiger partial charge < -0.3 is 20.1 Å². The first kappa shape index (κ1) is 34.1. The maximum absolute atomic E-state index is 15.6. The van der Waals surface area contributed by atoms with Crippen LogP contribution in [0.15, 0.2) is 24.3 Å². The second-order valence-electron chi connectivity index (χ2n) is 13.2. The number of nitrogens with zero attached hydrogens (tertiary/aromatic N) is 6. The van der Waals surface area contributed by atoms with Crippen molar-refractivity contribution >= 4 is 11.5 Å². The van der Waals surface area contributed by atoms with E-state index in [4.69, 9.17) is 20.2 Å². The minimum absolute atomic E-state index is 0.00799. The van der Waals surface area contributed by atoms with E-state index in [1.807, 2.05) is 0 Å². The Balaban J connectivity index is 1.29. The minimum Gasteiger partial charge on any atom is -0.461 e. The minimum atomic E-state index is -4.99. The molecule has 4 aliphatic heterocycles. The van der Waals surface area contributed by atoms with Crippen LogP contribution in [-0.2, 0) is 43.2 Å². The molecule has 7 rings (SSSR count). The van der Waals surface area contributed by atoms with Gasteiger partial charge >= 0.3 is 18.4 Å². The molecule has 50 heavy (non-hydrogen) atoms. The number of nitrogens with two attached hydrogens (primary N) is 1. The summed E-state index contributed by atoms with van der Waals surface area (Å²) in [4.78, 5) is 13.4. The smallest absolute Gasteiger partial charge is 0.435 e. The van der Waals surface area contributed by atoms with Gasteiger partial charge in [0.05, 0.1) is 47.4 Å². The Bertz CT molecular complexity index is 1910. The molecule has 0 saturated carbocycles. The molecule has 0 amide bonds. The van der Waals surface area contributed by atoms with Gasteiger partial charge in [-0.05, 0) is 51.3 Å². The van der Waals surface area contributed by atoms with E-state index in [0.717, 1.165) is 50.1 Å². The lowest BCUT2D eigenvalue weighted by atomic mass is 9.91. The number of aryl methyl sites for hydroxylation is 1. The molecule has 2 aromatic heterocycles. The molecule has 0 bridgehead atoms. The maximum Gasteiger partial charge on any atom is 0.435 e. The molecule has 0 aliphatic carbocycles. The fourth-order valence-corrected chi connectivity index (χ4v) is 7.71. The lowest BCUT2D eigenvalue weighted by Crippen LogP contribution is -2.43. The fraction of sp³-hybridized carbons (Fsp3) is 0.500. The zero-order valence-electron chi connectivity index (χ0n) is 27.1. The largest absolute Gasteiger partial charge is 0.461 e. The summed E-state index contributed by atoms with van der Waals surface area (Å²) in [6.07, 6.45) is -8.35. The van der Waals surface area contributed by atoms with E-state index >= 15 is 4.39 Å². The maximum atomic E-state index is 15.6. The van der Waals surface area contributed by atoms with Gasteiger partial charge in [0.25, 0.3) is 0 Å². The third-order valence-corrected chi connectivity index (χ3v) is 9.86. The first-order chi connectivity index (χ1) is 23.7. The van der Waals surface area contributed by atoms with Crippen LogP contribution >= 0.6 is 0 Å². The normalized spacial score (nSPS) is 22.4. The van der Waals surface area contributed by atoms with E-state index in [1.165, 1.54) is 11.6 Å². The highest BCUT2D eigenvalue weighted by atomic mass is 19.4. The number of halogens is 7. The number of hydrogen-bond acceptors (Lipinski definition) is 8. The summed E-state index contributed by atoms with van der Waals surface area (Å²) in [6, 6.07) is 1.81. The van der Waals surface area contributed by atoms with Gasteiger partial charge in [0.2, 0.25) is 0 Å². The van der Waals surface area contributed by atoms with Crippen LogP contribution in [-0.4, -0.2) is 56.4 Å². The number of anilines is 2. The van der Waals surface area contributed by atoms with Crippen LogP contribution in [0.25, 0.3) is 0 Å². The Hall–Kier alpha value is -4.36. The molecule has 9 nitrogen and oxygen atoms in total. The summed E-state index contributed by atoms with van der Waals surface area (Å²) in [5, 5.41) is 3.76. The van der Waals surface area contributed by atoms with E-state index in [9.17, 15) is 26.3 Å². The molecule has 0 radical (unpaired) electrons. The molecule has 266 valence electrons. The van der Waals surface area contributed by atoms with Crippen molar-refractivity contribution in [1.29, 1.82) is 0 Å². The third-order valence-electron chi connectivity index (χ3n) is 9.86. The monoisotopic (exact) mass is 705 g/mol. The molecule has 0 spiro atoms. The predicted molar refractivity (Wildman–Crippen MR) is 167 cm³/mol. The van der Waals surface area contributed by atoms with Crippen LogP contribution in [0.1, 0.15) is 78.0 Å². The molecule has 16 heteroatoms. The first-order valence-corrected chi connectivity index (χ1v) is 16.2. The van der Waals surface area contributed by atoms with E-state index in [0.29, 0.717) is 30.0 Å². The molecule has 2 N–H and O–H groups in total. The zero-order valence-corrected chi connectivity index (χ0v) is 27.1. The number of benzene rings is 1. The Labute approximate surface area is 283 Å². The standard InChI is InChI=1S/C34H34F7N7O2/c1-3-6-20-11-23(42)29(35)27(28(20)34(39,40)41)25-13-24-22(17-49-25)30(46-8-5-10-48-21(16-46)12-26(45-48)33(36,37)38)44-31(43-24)50-18-32-7-4-9-47(32)15-19(2)14-32/h11-12,25H,2,4-5,7-10,13-18,42H2,1H3/t25-,32+/m1/s1. The highest BCUT2D eigenvalue weighted by Gasteiger charge is 2.47. The number of hydrogen-bond donors (Lipinski definition) is 1. The van der Waals surface area contributed by atoms with E-state index in [2.05, 4.69) is 33.4 Å². The van der Waals surface area contributed by atoms with Crippen LogP contribution < -0.4 is 15.4 Å². The quantitative estimate of drug-likeness (QED) is 0.145. The third kappa shape index (κ3) is 6.14. The topological polar surface area (TPSA) is 94.6 Å². The Morgan fingerprint density at radius 2 is 1.88 bits per heavy atom. The number of alkyl halides is 6. The van der Waals surface area contributed by atoms with Crippen LogP contribution in [0.3, 0.4) is 0 Å². The summed E-state index contributed by atoms with van der Waals surface area (Å²) < 4.78 is 113. The van der Waals surface area contributed by atoms with Crippen molar-refractivity contribution in [3.63, 3.8) is 0 Å². The summed E-state index contributed by atoms with van der Waals surface area (Å²) in [7, 11) is 0. The van der Waals surface area contributed by atoms with E-state index < -0.39 is 52.3 Å². The summed E-state index contributed by atoms with van der Waals surface area (Å²) in [5.74, 6) is 3.86. The zero-order chi connectivity index (χ0) is 35.6. The predicted octanol–water partition coefficient (Wildman–Crippen LogP) is 6.20. The van der Waals surface area contributed by atoms with Crippen molar-refractivity contribution < 1.29 is 40.2 Å². The van der Waals surface area contributed by atoms with Crippen molar-refractivity contribution in [3.8, 4) is 17.9 Å². The number of ether oxygens (including phenoxy) is 2. The van der Waals surface area contributed by atoms with E-state index in [1.54, 1.807) is 4.90 Å². The Kier molecular flexibility index (Phi) is 8.49. The number of nitrogen functional groups attached to an aromatic ring is 1.